The van der Waals surface area contributed by atoms with E-state index in [9.17, 15) is 18.8 Å². The number of rotatable bonds is 5. The lowest BCUT2D eigenvalue weighted by Gasteiger charge is -2.26. The average Bonchev–Trinajstić information content (AvgIpc) is 2.42. The molecule has 1 atom stereocenters. The standard InChI is InChI=1S/C19H27FN2O5.ClH/c1-18(2,3)26-15(23)10-14(17(25)27-19(4,5)6)22-16(24)12-8-7-11(20)9-13(12)21;/h7-9,14H,10,21H2,1-6H3,(H,22,24);1H/t14-;/m0./s1. The van der Waals surface area contributed by atoms with Crippen LogP contribution in [0.25, 0.3) is 0 Å². The largest absolute Gasteiger partial charge is 0.460 e. The van der Waals surface area contributed by atoms with Crippen LogP contribution < -0.4 is 11.1 Å². The van der Waals surface area contributed by atoms with Gasteiger partial charge in [-0.1, -0.05) is 0 Å². The predicted molar refractivity (Wildman–Crippen MR) is 106 cm³/mol. The Kier molecular flexibility index (Phi) is 8.91. The molecule has 0 aromatic heterocycles. The van der Waals surface area contributed by atoms with Crippen LogP contribution in [0.15, 0.2) is 18.2 Å². The van der Waals surface area contributed by atoms with Crippen molar-refractivity contribution >= 4 is 35.9 Å². The van der Waals surface area contributed by atoms with Crippen molar-refractivity contribution in [3.8, 4) is 0 Å². The number of hydrogen-bond acceptors (Lipinski definition) is 6. The fourth-order valence-electron chi connectivity index (χ4n) is 2.09. The third kappa shape index (κ3) is 9.03. The molecule has 0 heterocycles. The summed E-state index contributed by atoms with van der Waals surface area (Å²) in [6.07, 6.45) is -0.418. The molecule has 3 N–H and O–H groups in total. The molecular weight excluding hydrogens is 391 g/mol. The quantitative estimate of drug-likeness (QED) is 0.562. The number of carbonyl (C=O) groups is 3. The zero-order chi connectivity index (χ0) is 21.0. The number of esters is 2. The zero-order valence-electron chi connectivity index (χ0n) is 16.9. The minimum Gasteiger partial charge on any atom is -0.460 e. The molecule has 0 radical (unpaired) electrons. The Balaban J connectivity index is 0.00000729. The maximum Gasteiger partial charge on any atom is 0.329 e. The summed E-state index contributed by atoms with van der Waals surface area (Å²) in [5, 5.41) is 2.42. The van der Waals surface area contributed by atoms with Crippen LogP contribution in [0.4, 0.5) is 10.1 Å². The molecule has 0 fully saturated rings. The Labute approximate surface area is 170 Å². The first kappa shape index (κ1) is 25.6. The second-order valence-electron chi connectivity index (χ2n) is 8.08. The normalized spacial score (nSPS) is 12.4. The van der Waals surface area contributed by atoms with Crippen LogP contribution in [-0.4, -0.2) is 35.1 Å². The van der Waals surface area contributed by atoms with Crippen molar-refractivity contribution in [2.75, 3.05) is 5.73 Å². The van der Waals surface area contributed by atoms with Gasteiger partial charge < -0.3 is 20.5 Å². The molecule has 0 aliphatic rings. The number of nitrogens with one attached hydrogen (secondary N) is 1. The Hall–Kier alpha value is -2.35. The molecule has 0 unspecified atom stereocenters. The summed E-state index contributed by atoms with van der Waals surface area (Å²) < 4.78 is 23.6. The van der Waals surface area contributed by atoms with Gasteiger partial charge >= 0.3 is 11.9 Å². The highest BCUT2D eigenvalue weighted by atomic mass is 35.5. The Morgan fingerprint density at radius 2 is 1.61 bits per heavy atom. The van der Waals surface area contributed by atoms with Gasteiger partial charge in [-0.25, -0.2) is 9.18 Å². The molecule has 7 nitrogen and oxygen atoms in total. The summed E-state index contributed by atoms with van der Waals surface area (Å²) in [6.45, 7) is 10.0. The molecule has 0 bridgehead atoms. The van der Waals surface area contributed by atoms with Gasteiger partial charge in [0.05, 0.1) is 12.0 Å². The van der Waals surface area contributed by atoms with E-state index in [0.29, 0.717) is 0 Å². The molecule has 1 aromatic carbocycles. The van der Waals surface area contributed by atoms with Crippen LogP contribution in [0, 0.1) is 5.82 Å². The summed E-state index contributed by atoms with van der Waals surface area (Å²) in [4.78, 5) is 37.0. The van der Waals surface area contributed by atoms with Gasteiger partial charge in [0.1, 0.15) is 23.1 Å². The summed E-state index contributed by atoms with van der Waals surface area (Å²) >= 11 is 0. The molecule has 158 valence electrons. The summed E-state index contributed by atoms with van der Waals surface area (Å²) in [5.41, 5.74) is 3.98. The van der Waals surface area contributed by atoms with E-state index in [2.05, 4.69) is 5.32 Å². The van der Waals surface area contributed by atoms with Gasteiger partial charge in [-0.15, -0.1) is 12.4 Å². The third-order valence-electron chi connectivity index (χ3n) is 3.05. The van der Waals surface area contributed by atoms with Gasteiger partial charge in [0.2, 0.25) is 0 Å². The van der Waals surface area contributed by atoms with E-state index < -0.39 is 47.3 Å². The molecule has 1 aromatic rings. The fraction of sp³-hybridized carbons (Fsp3) is 0.526. The highest BCUT2D eigenvalue weighted by molar-refractivity contribution is 6.01. The number of amides is 1. The van der Waals surface area contributed by atoms with E-state index in [-0.39, 0.29) is 23.7 Å². The van der Waals surface area contributed by atoms with E-state index in [1.807, 2.05) is 0 Å². The van der Waals surface area contributed by atoms with Crippen molar-refractivity contribution in [2.24, 2.45) is 0 Å². The molecule has 1 amide bonds. The first-order chi connectivity index (χ1) is 12.2. The molecule has 0 aliphatic carbocycles. The van der Waals surface area contributed by atoms with Crippen LogP contribution in [-0.2, 0) is 19.1 Å². The van der Waals surface area contributed by atoms with Crippen LogP contribution in [0.5, 0.6) is 0 Å². The van der Waals surface area contributed by atoms with Crippen molar-refractivity contribution in [3.05, 3.63) is 29.6 Å². The van der Waals surface area contributed by atoms with Gasteiger partial charge in [-0.2, -0.15) is 0 Å². The SMILES string of the molecule is CC(C)(C)OC(=O)C[C@H](NC(=O)c1ccc(F)cc1N)C(=O)OC(C)(C)C.Cl. The molecule has 0 spiro atoms. The lowest BCUT2D eigenvalue weighted by Crippen LogP contribution is -2.46. The minimum absolute atomic E-state index is 0. The van der Waals surface area contributed by atoms with Crippen molar-refractivity contribution in [1.29, 1.82) is 0 Å². The first-order valence-corrected chi connectivity index (χ1v) is 8.48. The van der Waals surface area contributed by atoms with E-state index in [1.54, 1.807) is 41.5 Å². The number of halogens is 2. The Morgan fingerprint density at radius 1 is 1.07 bits per heavy atom. The van der Waals surface area contributed by atoms with Crippen molar-refractivity contribution in [3.63, 3.8) is 0 Å². The molecule has 0 saturated carbocycles. The topological polar surface area (TPSA) is 108 Å². The lowest BCUT2D eigenvalue weighted by atomic mass is 10.1. The lowest BCUT2D eigenvalue weighted by molar-refractivity contribution is -0.164. The van der Waals surface area contributed by atoms with Crippen molar-refractivity contribution < 1.29 is 28.2 Å². The molecule has 1 rings (SSSR count). The molecule has 0 saturated heterocycles. The van der Waals surface area contributed by atoms with Crippen LogP contribution in [0.2, 0.25) is 0 Å². The van der Waals surface area contributed by atoms with E-state index >= 15 is 0 Å². The molecular formula is C19H28ClFN2O5. The second kappa shape index (κ2) is 9.73. The molecule has 9 heteroatoms. The zero-order valence-corrected chi connectivity index (χ0v) is 17.7. The van der Waals surface area contributed by atoms with Crippen molar-refractivity contribution in [2.45, 2.75) is 65.2 Å². The van der Waals surface area contributed by atoms with Crippen LogP contribution in [0.3, 0.4) is 0 Å². The van der Waals surface area contributed by atoms with E-state index in [4.69, 9.17) is 15.2 Å². The summed E-state index contributed by atoms with van der Waals surface area (Å²) in [5.74, 6) is -2.79. The predicted octanol–water partition coefficient (Wildman–Crippen LogP) is 3.00. The average molecular weight is 419 g/mol. The van der Waals surface area contributed by atoms with Gasteiger partial charge in [-0.3, -0.25) is 9.59 Å². The second-order valence-corrected chi connectivity index (χ2v) is 8.08. The number of hydrogen-bond donors (Lipinski definition) is 2. The van der Waals surface area contributed by atoms with E-state index in [0.717, 1.165) is 12.1 Å². The van der Waals surface area contributed by atoms with Crippen molar-refractivity contribution in [1.82, 2.24) is 5.32 Å². The van der Waals surface area contributed by atoms with Gasteiger partial charge in [0, 0.05) is 5.69 Å². The molecule has 28 heavy (non-hydrogen) atoms. The summed E-state index contributed by atoms with van der Waals surface area (Å²) in [6, 6.07) is 1.98. The first-order valence-electron chi connectivity index (χ1n) is 8.48. The van der Waals surface area contributed by atoms with Crippen LogP contribution in [0.1, 0.15) is 58.3 Å². The fourth-order valence-corrected chi connectivity index (χ4v) is 2.09. The maximum absolute atomic E-state index is 13.2. The van der Waals surface area contributed by atoms with Gasteiger partial charge in [0.25, 0.3) is 5.91 Å². The molecule has 0 aliphatic heterocycles. The highest BCUT2D eigenvalue weighted by Gasteiger charge is 2.31. The smallest absolute Gasteiger partial charge is 0.329 e. The van der Waals surface area contributed by atoms with Gasteiger partial charge in [0.15, 0.2) is 0 Å². The Bertz CT molecular complexity index is 726. The Morgan fingerprint density at radius 3 is 2.07 bits per heavy atom. The number of benzene rings is 1. The third-order valence-corrected chi connectivity index (χ3v) is 3.05. The summed E-state index contributed by atoms with van der Waals surface area (Å²) in [7, 11) is 0. The number of ether oxygens (including phenoxy) is 2. The number of carbonyl (C=O) groups excluding carboxylic acids is 3. The van der Waals surface area contributed by atoms with Crippen LogP contribution >= 0.6 is 12.4 Å². The monoisotopic (exact) mass is 418 g/mol. The minimum atomic E-state index is -1.28. The highest BCUT2D eigenvalue weighted by Crippen LogP contribution is 2.16. The number of nitrogens with two attached hydrogens (primary N) is 1. The maximum atomic E-state index is 13.2. The van der Waals surface area contributed by atoms with Gasteiger partial charge in [-0.05, 0) is 59.7 Å². The van der Waals surface area contributed by atoms with E-state index in [1.165, 1.54) is 6.07 Å². The number of nitrogen functional groups attached to an aromatic ring is 1. The number of anilines is 1.